The minimum Gasteiger partial charge on any atom is -0.130 e. The van der Waals surface area contributed by atoms with Gasteiger partial charge in [0.25, 0.3) is 0 Å². The van der Waals surface area contributed by atoms with Gasteiger partial charge in [0.15, 0.2) is 0 Å². The molecule has 9 heavy (non-hydrogen) atoms. The monoisotopic (exact) mass is 122 g/mol. The molecule has 0 aliphatic rings. The van der Waals surface area contributed by atoms with Gasteiger partial charge in [-0.1, -0.05) is 12.2 Å². The maximum atomic E-state index is 3.02. The Morgan fingerprint density at radius 3 is 2.56 bits per heavy atom. The fraction of sp³-hybridized carbons (Fsp3) is 0.444. The summed E-state index contributed by atoms with van der Waals surface area (Å²) < 4.78 is 0. The van der Waals surface area contributed by atoms with Crippen LogP contribution in [0.1, 0.15) is 26.7 Å². The predicted octanol–water partition coefficient (Wildman–Crippen LogP) is 3.07. The van der Waals surface area contributed by atoms with Gasteiger partial charge in [-0.25, -0.2) is 0 Å². The summed E-state index contributed by atoms with van der Waals surface area (Å²) in [6.45, 7) is 4.02. The predicted molar refractivity (Wildman–Crippen MR) is 42.4 cm³/mol. The molecule has 0 nitrogen and oxygen atoms in total. The molecule has 0 N–H and O–H groups in total. The van der Waals surface area contributed by atoms with E-state index in [1.807, 2.05) is 19.9 Å². The maximum absolute atomic E-state index is 3.02. The molecule has 0 radical (unpaired) electrons. The highest BCUT2D eigenvalue weighted by molar-refractivity contribution is 4.86. The molecule has 50 valence electrons. The van der Waals surface area contributed by atoms with E-state index in [-0.39, 0.29) is 0 Å². The van der Waals surface area contributed by atoms with E-state index in [1.165, 1.54) is 0 Å². The second-order valence-corrected chi connectivity index (χ2v) is 1.81. The van der Waals surface area contributed by atoms with Gasteiger partial charge in [-0.3, -0.25) is 0 Å². The van der Waals surface area contributed by atoms with E-state index >= 15 is 0 Å². The molecule has 0 fully saturated rings. The summed E-state index contributed by atoms with van der Waals surface area (Å²) >= 11 is 0. The van der Waals surface area contributed by atoms with Crippen molar-refractivity contribution < 1.29 is 0 Å². The van der Waals surface area contributed by atoms with Crippen LogP contribution in [0.25, 0.3) is 0 Å². The highest BCUT2D eigenvalue weighted by Crippen LogP contribution is 1.90. The highest BCUT2D eigenvalue weighted by atomic mass is 13.8. The smallest absolute Gasteiger partial charge is 0.0240 e. The Balaban J connectivity index is 3.19. The van der Waals surface area contributed by atoms with Crippen molar-refractivity contribution in [3.8, 4) is 0 Å². The molecular weight excluding hydrogens is 108 g/mol. The molecule has 0 heteroatoms. The fourth-order valence-corrected chi connectivity index (χ4v) is 0.547. The lowest BCUT2D eigenvalue weighted by molar-refractivity contribution is 1.05. The zero-order valence-corrected chi connectivity index (χ0v) is 6.22. The third kappa shape index (κ3) is 7.26. The third-order valence-electron chi connectivity index (χ3n) is 0.998. The van der Waals surface area contributed by atoms with Crippen molar-refractivity contribution in [2.75, 3.05) is 0 Å². The molecule has 0 heterocycles. The third-order valence-corrected chi connectivity index (χ3v) is 0.998. The van der Waals surface area contributed by atoms with Gasteiger partial charge >= 0.3 is 0 Å². The molecule has 0 aliphatic carbocycles. The summed E-state index contributed by atoms with van der Waals surface area (Å²) in [6.07, 6.45) is 10.5. The van der Waals surface area contributed by atoms with Gasteiger partial charge in [-0.05, 0) is 38.8 Å². The molecule has 0 atom stereocenters. The topological polar surface area (TPSA) is 0 Å². The first-order chi connectivity index (χ1) is 4.41. The van der Waals surface area contributed by atoms with E-state index in [0.29, 0.717) is 0 Å². The average Bonchev–Trinajstić information content (AvgIpc) is 1.89. The van der Waals surface area contributed by atoms with Crippen LogP contribution in [0.15, 0.2) is 30.0 Å². The van der Waals surface area contributed by atoms with Crippen LogP contribution in [0.3, 0.4) is 0 Å². The summed E-state index contributed by atoms with van der Waals surface area (Å²) in [7, 11) is 0. The van der Waals surface area contributed by atoms with Crippen molar-refractivity contribution in [1.29, 1.82) is 0 Å². The summed E-state index contributed by atoms with van der Waals surface area (Å²) in [4.78, 5) is 0. The van der Waals surface area contributed by atoms with Crippen molar-refractivity contribution in [1.82, 2.24) is 0 Å². The van der Waals surface area contributed by atoms with Crippen molar-refractivity contribution in [2.24, 2.45) is 0 Å². The lowest BCUT2D eigenvalue weighted by atomic mass is 10.3. The molecule has 0 amide bonds. The van der Waals surface area contributed by atoms with Gasteiger partial charge in [-0.15, -0.1) is 5.73 Å². The molecule has 0 saturated heterocycles. The van der Waals surface area contributed by atoms with E-state index < -0.39 is 0 Å². The second kappa shape index (κ2) is 7.26. The molecular formula is C9H14. The molecule has 0 rings (SSSR count). The largest absolute Gasteiger partial charge is 0.130 e. The second-order valence-electron chi connectivity index (χ2n) is 1.81. The van der Waals surface area contributed by atoms with Crippen LogP contribution >= 0.6 is 0 Å². The van der Waals surface area contributed by atoms with Crippen LogP contribution in [0, 0.1) is 0 Å². The Hall–Kier alpha value is -0.740. The van der Waals surface area contributed by atoms with Gasteiger partial charge in [-0.2, -0.15) is 0 Å². The Morgan fingerprint density at radius 2 is 2.00 bits per heavy atom. The summed E-state index contributed by atoms with van der Waals surface area (Å²) in [5.74, 6) is 0. The number of rotatable bonds is 3. The molecule has 0 aliphatic heterocycles. The Morgan fingerprint density at radius 1 is 1.22 bits per heavy atom. The van der Waals surface area contributed by atoms with Crippen molar-refractivity contribution in [3.05, 3.63) is 30.0 Å². The van der Waals surface area contributed by atoms with Crippen LogP contribution in [0.5, 0.6) is 0 Å². The van der Waals surface area contributed by atoms with Crippen LogP contribution < -0.4 is 0 Å². The quantitative estimate of drug-likeness (QED) is 0.306. The van der Waals surface area contributed by atoms with E-state index in [1.54, 1.807) is 0 Å². The van der Waals surface area contributed by atoms with Gasteiger partial charge in [0.1, 0.15) is 0 Å². The highest BCUT2D eigenvalue weighted by Gasteiger charge is 1.70. The summed E-state index contributed by atoms with van der Waals surface area (Å²) in [5.41, 5.74) is 3.02. The van der Waals surface area contributed by atoms with E-state index in [9.17, 15) is 0 Å². The molecule has 0 bridgehead atoms. The molecule has 0 aromatic rings. The SMILES string of the molecule is CC=C=CCC/C=C/C. The van der Waals surface area contributed by atoms with Crippen molar-refractivity contribution in [3.63, 3.8) is 0 Å². The van der Waals surface area contributed by atoms with Gasteiger partial charge in [0.2, 0.25) is 0 Å². The normalized spacial score (nSPS) is 9.11. The Bertz CT molecular complexity index is 123. The van der Waals surface area contributed by atoms with Crippen LogP contribution in [-0.2, 0) is 0 Å². The van der Waals surface area contributed by atoms with Gasteiger partial charge in [0.05, 0.1) is 0 Å². The number of hydrogen-bond donors (Lipinski definition) is 0. The summed E-state index contributed by atoms with van der Waals surface area (Å²) in [5, 5.41) is 0. The van der Waals surface area contributed by atoms with E-state index in [4.69, 9.17) is 0 Å². The molecule has 0 aromatic carbocycles. The lowest BCUT2D eigenvalue weighted by Gasteiger charge is -1.79. The molecule has 0 unspecified atom stereocenters. The number of hydrogen-bond acceptors (Lipinski definition) is 0. The lowest BCUT2D eigenvalue weighted by Crippen LogP contribution is -1.60. The number of unbranched alkanes of at least 4 members (excludes halogenated alkanes) is 1. The standard InChI is InChI=1S/C9H14/c1-3-5-7-9-8-6-4-2/h3-5,8H,7,9H2,1-2H3/b5-3+. The first-order valence-corrected chi connectivity index (χ1v) is 3.38. The van der Waals surface area contributed by atoms with E-state index in [0.717, 1.165) is 12.8 Å². The van der Waals surface area contributed by atoms with Crippen molar-refractivity contribution in [2.45, 2.75) is 26.7 Å². The minimum absolute atomic E-state index is 1.11. The summed E-state index contributed by atoms with van der Waals surface area (Å²) in [6, 6.07) is 0. The first-order valence-electron chi connectivity index (χ1n) is 3.38. The number of allylic oxidation sites excluding steroid dienone is 3. The molecule has 0 aromatic heterocycles. The van der Waals surface area contributed by atoms with Gasteiger partial charge in [0, 0.05) is 0 Å². The van der Waals surface area contributed by atoms with Crippen LogP contribution in [-0.4, -0.2) is 0 Å². The zero-order valence-electron chi connectivity index (χ0n) is 6.22. The van der Waals surface area contributed by atoms with Crippen LogP contribution in [0.4, 0.5) is 0 Å². The van der Waals surface area contributed by atoms with Crippen molar-refractivity contribution >= 4 is 0 Å². The fourth-order valence-electron chi connectivity index (χ4n) is 0.547. The minimum atomic E-state index is 1.11. The molecule has 0 spiro atoms. The molecule has 0 saturated carbocycles. The van der Waals surface area contributed by atoms with Gasteiger partial charge < -0.3 is 0 Å². The Labute approximate surface area is 57.6 Å². The maximum Gasteiger partial charge on any atom is -0.0240 e. The average molecular weight is 122 g/mol. The first kappa shape index (κ1) is 8.26. The van der Waals surface area contributed by atoms with Crippen LogP contribution in [0.2, 0.25) is 0 Å². The Kier molecular flexibility index (Phi) is 6.66. The van der Waals surface area contributed by atoms with E-state index in [2.05, 4.69) is 24.0 Å². The zero-order chi connectivity index (χ0) is 6.95.